The molecule has 1 nitrogen and oxygen atoms in total. The van der Waals surface area contributed by atoms with Gasteiger partial charge in [-0.2, -0.15) is 0 Å². The molecule has 0 atom stereocenters. The summed E-state index contributed by atoms with van der Waals surface area (Å²) in [6.07, 6.45) is 1.72. The van der Waals surface area contributed by atoms with Crippen molar-refractivity contribution in [1.82, 2.24) is 0 Å². The van der Waals surface area contributed by atoms with Gasteiger partial charge in [0.15, 0.2) is 5.78 Å². The molecular formula is C8H8OS. The molecule has 0 aliphatic heterocycles. The smallest absolute Gasteiger partial charge is 0.192 e. The Bertz CT molecular complexity index is 278. The number of allylic oxidation sites excluding steroid dienone is 2. The molecule has 0 aromatic heterocycles. The predicted octanol–water partition coefficient (Wildman–Crippen LogP) is 1.87. The number of carbonyl (C=O) groups excluding carboxylic acids is 1. The normalized spacial score (nSPS) is 17.9. The fourth-order valence-electron chi connectivity index (χ4n) is 0.851. The van der Waals surface area contributed by atoms with E-state index in [1.807, 2.05) is 0 Å². The number of thiol groups is 1. The summed E-state index contributed by atoms with van der Waals surface area (Å²) in [7, 11) is 0. The lowest BCUT2D eigenvalue weighted by atomic mass is 10.0. The predicted molar refractivity (Wildman–Crippen MR) is 44.0 cm³/mol. The molecule has 0 saturated heterocycles. The van der Waals surface area contributed by atoms with Crippen LogP contribution in [-0.2, 0) is 4.79 Å². The SMILES string of the molecule is CC1=C=C(S)C=C(C)C1=O. The van der Waals surface area contributed by atoms with Gasteiger partial charge in [0, 0.05) is 10.5 Å². The zero-order valence-corrected chi connectivity index (χ0v) is 6.83. The van der Waals surface area contributed by atoms with Gasteiger partial charge in [0.05, 0.1) is 0 Å². The van der Waals surface area contributed by atoms with Gasteiger partial charge >= 0.3 is 0 Å². The van der Waals surface area contributed by atoms with Gasteiger partial charge in [0.1, 0.15) is 0 Å². The van der Waals surface area contributed by atoms with Crippen molar-refractivity contribution in [3.63, 3.8) is 0 Å². The largest absolute Gasteiger partial charge is 0.289 e. The van der Waals surface area contributed by atoms with Crippen molar-refractivity contribution in [3.05, 3.63) is 27.9 Å². The second-order valence-corrected chi connectivity index (χ2v) is 2.77. The fourth-order valence-corrected chi connectivity index (χ4v) is 1.21. The minimum Gasteiger partial charge on any atom is -0.289 e. The van der Waals surface area contributed by atoms with Gasteiger partial charge in [-0.1, -0.05) is 5.73 Å². The quantitative estimate of drug-likeness (QED) is 0.414. The van der Waals surface area contributed by atoms with E-state index in [1.54, 1.807) is 19.9 Å². The van der Waals surface area contributed by atoms with E-state index in [9.17, 15) is 4.79 Å². The number of hydrogen-bond donors (Lipinski definition) is 1. The van der Waals surface area contributed by atoms with E-state index in [4.69, 9.17) is 0 Å². The first-order chi connectivity index (χ1) is 4.61. The van der Waals surface area contributed by atoms with Crippen LogP contribution in [0.4, 0.5) is 0 Å². The molecule has 1 aliphatic carbocycles. The van der Waals surface area contributed by atoms with Crippen molar-refractivity contribution in [2.45, 2.75) is 13.8 Å². The monoisotopic (exact) mass is 152 g/mol. The molecule has 52 valence electrons. The van der Waals surface area contributed by atoms with Gasteiger partial charge in [-0.25, -0.2) is 0 Å². The molecule has 1 aliphatic rings. The number of carbonyl (C=O) groups is 1. The van der Waals surface area contributed by atoms with Gasteiger partial charge in [-0.15, -0.1) is 12.6 Å². The average Bonchev–Trinajstić information content (AvgIpc) is 1.82. The van der Waals surface area contributed by atoms with E-state index in [2.05, 4.69) is 18.4 Å². The van der Waals surface area contributed by atoms with Crippen LogP contribution in [0.15, 0.2) is 27.9 Å². The van der Waals surface area contributed by atoms with Crippen LogP contribution in [0.25, 0.3) is 0 Å². The van der Waals surface area contributed by atoms with Crippen LogP contribution < -0.4 is 0 Å². The Morgan fingerprint density at radius 3 is 2.60 bits per heavy atom. The summed E-state index contributed by atoms with van der Waals surface area (Å²) in [5, 5.41) is 0. The van der Waals surface area contributed by atoms with Gasteiger partial charge in [-0.3, -0.25) is 4.79 Å². The van der Waals surface area contributed by atoms with E-state index in [0.717, 1.165) is 10.5 Å². The lowest BCUT2D eigenvalue weighted by Crippen LogP contribution is -2.02. The number of Topliss-reactive ketones (excluding diaryl/α,β-unsaturated/α-hetero) is 1. The second-order valence-electron chi connectivity index (χ2n) is 2.29. The van der Waals surface area contributed by atoms with E-state index in [0.29, 0.717) is 5.57 Å². The van der Waals surface area contributed by atoms with Crippen molar-refractivity contribution in [1.29, 1.82) is 0 Å². The molecule has 0 spiro atoms. The molecule has 10 heavy (non-hydrogen) atoms. The van der Waals surface area contributed by atoms with Gasteiger partial charge in [0.2, 0.25) is 0 Å². The summed E-state index contributed by atoms with van der Waals surface area (Å²) in [5.74, 6) is 0.0674. The third kappa shape index (κ3) is 1.23. The highest BCUT2D eigenvalue weighted by Crippen LogP contribution is 2.15. The van der Waals surface area contributed by atoms with Gasteiger partial charge < -0.3 is 0 Å². The minimum atomic E-state index is 0.0674. The maximum Gasteiger partial charge on any atom is 0.192 e. The first-order valence-electron chi connectivity index (χ1n) is 3.01. The zero-order chi connectivity index (χ0) is 7.72. The Morgan fingerprint density at radius 1 is 1.50 bits per heavy atom. The minimum absolute atomic E-state index is 0.0674. The fraction of sp³-hybridized carbons (Fsp3) is 0.250. The molecule has 0 unspecified atom stereocenters. The van der Waals surface area contributed by atoms with E-state index in [1.165, 1.54) is 0 Å². The lowest BCUT2D eigenvalue weighted by Gasteiger charge is -2.02. The Morgan fingerprint density at radius 2 is 2.10 bits per heavy atom. The summed E-state index contributed by atoms with van der Waals surface area (Å²) in [6, 6.07) is 0. The molecular weight excluding hydrogens is 144 g/mol. The van der Waals surface area contributed by atoms with E-state index >= 15 is 0 Å². The molecule has 0 amide bonds. The van der Waals surface area contributed by atoms with Crippen LogP contribution in [-0.4, -0.2) is 5.78 Å². The third-order valence-electron chi connectivity index (χ3n) is 1.37. The maximum absolute atomic E-state index is 11.1. The van der Waals surface area contributed by atoms with Crippen molar-refractivity contribution in [2.75, 3.05) is 0 Å². The van der Waals surface area contributed by atoms with Crippen molar-refractivity contribution < 1.29 is 4.79 Å². The topological polar surface area (TPSA) is 17.1 Å². The van der Waals surface area contributed by atoms with E-state index in [-0.39, 0.29) is 5.78 Å². The Labute approximate surface area is 65.5 Å². The molecule has 0 fully saturated rings. The standard InChI is InChI=1S/C8H8OS/c1-5-3-7(10)4-6(2)8(5)9/h3,10H,1-2H3. The lowest BCUT2D eigenvalue weighted by molar-refractivity contribution is -0.112. The Kier molecular flexibility index (Phi) is 1.84. The highest BCUT2D eigenvalue weighted by atomic mass is 32.1. The molecule has 1 rings (SSSR count). The average molecular weight is 152 g/mol. The van der Waals surface area contributed by atoms with Crippen molar-refractivity contribution in [2.24, 2.45) is 0 Å². The molecule has 0 bridgehead atoms. The summed E-state index contributed by atoms with van der Waals surface area (Å²) < 4.78 is 0. The number of hydrogen-bond acceptors (Lipinski definition) is 2. The summed E-state index contributed by atoms with van der Waals surface area (Å²) >= 11 is 4.08. The number of rotatable bonds is 0. The van der Waals surface area contributed by atoms with Crippen LogP contribution in [0.5, 0.6) is 0 Å². The van der Waals surface area contributed by atoms with Gasteiger partial charge in [-0.05, 0) is 25.5 Å². The highest BCUT2D eigenvalue weighted by Gasteiger charge is 2.09. The van der Waals surface area contributed by atoms with Crippen molar-refractivity contribution >= 4 is 18.4 Å². The first-order valence-corrected chi connectivity index (χ1v) is 3.45. The molecule has 0 saturated carbocycles. The van der Waals surface area contributed by atoms with Crippen LogP contribution in [0, 0.1) is 0 Å². The van der Waals surface area contributed by atoms with Gasteiger partial charge in [0.25, 0.3) is 0 Å². The molecule has 0 radical (unpaired) electrons. The summed E-state index contributed by atoms with van der Waals surface area (Å²) in [4.78, 5) is 11.8. The first kappa shape index (κ1) is 7.39. The van der Waals surface area contributed by atoms with Crippen molar-refractivity contribution in [3.8, 4) is 0 Å². The summed E-state index contributed by atoms with van der Waals surface area (Å²) in [5.41, 5.74) is 4.21. The Hall–Kier alpha value is -0.720. The highest BCUT2D eigenvalue weighted by molar-refractivity contribution is 7.84. The van der Waals surface area contributed by atoms with Crippen LogP contribution in [0.1, 0.15) is 13.8 Å². The molecule has 0 aromatic rings. The molecule has 0 heterocycles. The van der Waals surface area contributed by atoms with Crippen LogP contribution in [0.2, 0.25) is 0 Å². The Balaban J connectivity index is 3.23. The zero-order valence-electron chi connectivity index (χ0n) is 5.93. The third-order valence-corrected chi connectivity index (χ3v) is 1.61. The molecule has 0 N–H and O–H groups in total. The molecule has 0 aromatic carbocycles. The maximum atomic E-state index is 11.1. The van der Waals surface area contributed by atoms with Crippen LogP contribution in [0.3, 0.4) is 0 Å². The summed E-state index contributed by atoms with van der Waals surface area (Å²) in [6.45, 7) is 3.53. The van der Waals surface area contributed by atoms with E-state index < -0.39 is 0 Å². The molecule has 2 heteroatoms. The number of ketones is 1. The van der Waals surface area contributed by atoms with Crippen LogP contribution >= 0.6 is 12.6 Å². The second kappa shape index (κ2) is 2.49.